The van der Waals surface area contributed by atoms with Gasteiger partial charge >= 0.3 is 0 Å². The van der Waals surface area contributed by atoms with Gasteiger partial charge in [-0.25, -0.2) is 0 Å². The van der Waals surface area contributed by atoms with E-state index in [1.807, 2.05) is 24.5 Å². The van der Waals surface area contributed by atoms with Crippen LogP contribution in [0.3, 0.4) is 0 Å². The van der Waals surface area contributed by atoms with Crippen molar-refractivity contribution in [2.45, 2.75) is 46.2 Å². The lowest BCUT2D eigenvalue weighted by Gasteiger charge is -2.17. The largest absolute Gasteiger partial charge is 0.310 e. The average molecular weight is 272 g/mol. The van der Waals surface area contributed by atoms with E-state index < -0.39 is 0 Å². The van der Waals surface area contributed by atoms with Gasteiger partial charge in [0.05, 0.1) is 11.9 Å². The Kier molecular flexibility index (Phi) is 5.30. The van der Waals surface area contributed by atoms with Gasteiger partial charge in [-0.05, 0) is 31.4 Å². The smallest absolute Gasteiger partial charge is 0.0710 e. The van der Waals surface area contributed by atoms with Crippen molar-refractivity contribution in [3.63, 3.8) is 0 Å². The molecule has 4 nitrogen and oxygen atoms in total. The lowest BCUT2D eigenvalue weighted by Crippen LogP contribution is -2.27. The van der Waals surface area contributed by atoms with Gasteiger partial charge in [-0.15, -0.1) is 0 Å². The van der Waals surface area contributed by atoms with Crippen LogP contribution in [0.1, 0.15) is 39.2 Å². The number of pyridine rings is 1. The Balaban J connectivity index is 1.96. The first-order chi connectivity index (χ1) is 9.70. The molecule has 2 aromatic heterocycles. The molecule has 0 saturated heterocycles. The van der Waals surface area contributed by atoms with Gasteiger partial charge in [0.1, 0.15) is 0 Å². The van der Waals surface area contributed by atoms with E-state index in [0.29, 0.717) is 6.04 Å². The fraction of sp³-hybridized carbons (Fsp3) is 0.500. The highest BCUT2D eigenvalue weighted by molar-refractivity contribution is 5.61. The van der Waals surface area contributed by atoms with Gasteiger partial charge in [-0.2, -0.15) is 5.10 Å². The third-order valence-corrected chi connectivity index (χ3v) is 3.76. The van der Waals surface area contributed by atoms with Crippen LogP contribution < -0.4 is 5.32 Å². The zero-order valence-electron chi connectivity index (χ0n) is 12.6. The van der Waals surface area contributed by atoms with Crippen LogP contribution in [0, 0.1) is 5.92 Å². The van der Waals surface area contributed by atoms with E-state index in [2.05, 4.69) is 41.3 Å². The fourth-order valence-corrected chi connectivity index (χ4v) is 2.34. The second-order valence-corrected chi connectivity index (χ2v) is 5.54. The lowest BCUT2D eigenvalue weighted by molar-refractivity contribution is 0.412. The van der Waals surface area contributed by atoms with Crippen LogP contribution in [0.25, 0.3) is 11.3 Å². The number of nitrogens with zero attached hydrogens (tertiary/aromatic N) is 2. The highest BCUT2D eigenvalue weighted by Crippen LogP contribution is 2.20. The van der Waals surface area contributed by atoms with Crippen molar-refractivity contribution in [3.05, 3.63) is 36.3 Å². The molecule has 0 aromatic carbocycles. The fourth-order valence-electron chi connectivity index (χ4n) is 2.34. The summed E-state index contributed by atoms with van der Waals surface area (Å²) in [4.78, 5) is 4.16. The summed E-state index contributed by atoms with van der Waals surface area (Å²) >= 11 is 0. The van der Waals surface area contributed by atoms with Crippen molar-refractivity contribution in [1.29, 1.82) is 0 Å². The van der Waals surface area contributed by atoms with E-state index >= 15 is 0 Å². The van der Waals surface area contributed by atoms with Gasteiger partial charge in [0.2, 0.25) is 0 Å². The van der Waals surface area contributed by atoms with Crippen molar-refractivity contribution in [3.8, 4) is 11.3 Å². The maximum atomic E-state index is 4.16. The second-order valence-electron chi connectivity index (χ2n) is 5.54. The SMILES string of the molecule is CCC(C)CC(C)NCc1cn[nH]c1-c1cccnc1. The van der Waals surface area contributed by atoms with Crippen molar-refractivity contribution in [2.75, 3.05) is 0 Å². The van der Waals surface area contributed by atoms with Crippen molar-refractivity contribution < 1.29 is 0 Å². The average Bonchev–Trinajstić information content (AvgIpc) is 2.94. The van der Waals surface area contributed by atoms with Gasteiger partial charge < -0.3 is 5.32 Å². The Bertz CT molecular complexity index is 506. The van der Waals surface area contributed by atoms with Gasteiger partial charge in [0.25, 0.3) is 0 Å². The zero-order chi connectivity index (χ0) is 14.4. The Morgan fingerprint density at radius 1 is 1.30 bits per heavy atom. The Labute approximate surface area is 121 Å². The first-order valence-corrected chi connectivity index (χ1v) is 7.36. The molecular weight excluding hydrogens is 248 g/mol. The highest BCUT2D eigenvalue weighted by atomic mass is 15.1. The van der Waals surface area contributed by atoms with Crippen LogP contribution in [0.5, 0.6) is 0 Å². The molecule has 2 unspecified atom stereocenters. The normalized spacial score (nSPS) is 14.2. The standard InChI is InChI=1S/C16H24N4/c1-4-12(2)8-13(3)18-10-15-11-19-20-16(15)14-6-5-7-17-9-14/h5-7,9,11-13,18H,4,8,10H2,1-3H3,(H,19,20). The van der Waals surface area contributed by atoms with Crippen LogP contribution in [-0.2, 0) is 6.54 Å². The summed E-state index contributed by atoms with van der Waals surface area (Å²) in [7, 11) is 0. The molecule has 0 fully saturated rings. The summed E-state index contributed by atoms with van der Waals surface area (Å²) in [5.74, 6) is 0.764. The molecule has 0 saturated carbocycles. The lowest BCUT2D eigenvalue weighted by atomic mass is 10.00. The first kappa shape index (κ1) is 14.7. The quantitative estimate of drug-likeness (QED) is 0.812. The van der Waals surface area contributed by atoms with E-state index in [-0.39, 0.29) is 0 Å². The number of aromatic amines is 1. The number of aromatic nitrogens is 3. The van der Waals surface area contributed by atoms with Gasteiger partial charge in [-0.1, -0.05) is 20.3 Å². The number of hydrogen-bond donors (Lipinski definition) is 2. The summed E-state index contributed by atoms with van der Waals surface area (Å²) in [6.45, 7) is 7.62. The molecule has 0 aliphatic carbocycles. The molecule has 4 heteroatoms. The van der Waals surface area contributed by atoms with Gasteiger partial charge in [0, 0.05) is 36.1 Å². The van der Waals surface area contributed by atoms with E-state index in [9.17, 15) is 0 Å². The monoisotopic (exact) mass is 272 g/mol. The molecule has 2 aromatic rings. The summed E-state index contributed by atoms with van der Waals surface area (Å²) < 4.78 is 0. The number of H-pyrrole nitrogens is 1. The van der Waals surface area contributed by atoms with Crippen LogP contribution in [-0.4, -0.2) is 21.2 Å². The van der Waals surface area contributed by atoms with Crippen LogP contribution in [0.15, 0.2) is 30.7 Å². The second kappa shape index (κ2) is 7.20. The number of hydrogen-bond acceptors (Lipinski definition) is 3. The van der Waals surface area contributed by atoms with Crippen LogP contribution in [0.2, 0.25) is 0 Å². The highest BCUT2D eigenvalue weighted by Gasteiger charge is 2.10. The Morgan fingerprint density at radius 2 is 2.15 bits per heavy atom. The number of rotatable bonds is 7. The molecular formula is C16H24N4. The Morgan fingerprint density at radius 3 is 2.85 bits per heavy atom. The predicted molar refractivity (Wildman–Crippen MR) is 82.2 cm³/mol. The van der Waals surface area contributed by atoms with E-state index in [1.165, 1.54) is 18.4 Å². The van der Waals surface area contributed by atoms with E-state index in [1.54, 1.807) is 6.20 Å². The van der Waals surface area contributed by atoms with Crippen molar-refractivity contribution >= 4 is 0 Å². The zero-order valence-corrected chi connectivity index (χ0v) is 12.6. The summed E-state index contributed by atoms with van der Waals surface area (Å²) in [6.07, 6.45) is 7.98. The molecule has 0 bridgehead atoms. The van der Waals surface area contributed by atoms with Crippen molar-refractivity contribution in [1.82, 2.24) is 20.5 Å². The number of nitrogens with one attached hydrogen (secondary N) is 2. The molecule has 2 heterocycles. The first-order valence-electron chi connectivity index (χ1n) is 7.36. The molecule has 2 rings (SSSR count). The molecule has 108 valence electrons. The van der Waals surface area contributed by atoms with E-state index in [0.717, 1.165) is 23.7 Å². The van der Waals surface area contributed by atoms with E-state index in [4.69, 9.17) is 0 Å². The van der Waals surface area contributed by atoms with Crippen LogP contribution in [0.4, 0.5) is 0 Å². The predicted octanol–water partition coefficient (Wildman–Crippen LogP) is 3.39. The van der Waals surface area contributed by atoms with Gasteiger partial charge in [0.15, 0.2) is 0 Å². The molecule has 0 spiro atoms. The van der Waals surface area contributed by atoms with Gasteiger partial charge in [-0.3, -0.25) is 10.1 Å². The summed E-state index contributed by atoms with van der Waals surface area (Å²) in [5, 5.41) is 10.8. The molecule has 0 aliphatic rings. The minimum Gasteiger partial charge on any atom is -0.310 e. The minimum absolute atomic E-state index is 0.515. The maximum absolute atomic E-state index is 4.16. The topological polar surface area (TPSA) is 53.6 Å². The third kappa shape index (κ3) is 3.90. The van der Waals surface area contributed by atoms with Crippen molar-refractivity contribution in [2.24, 2.45) is 5.92 Å². The maximum Gasteiger partial charge on any atom is 0.0710 e. The molecule has 0 aliphatic heterocycles. The minimum atomic E-state index is 0.515. The Hall–Kier alpha value is -1.68. The molecule has 20 heavy (non-hydrogen) atoms. The molecule has 0 radical (unpaired) electrons. The molecule has 2 atom stereocenters. The molecule has 2 N–H and O–H groups in total. The summed E-state index contributed by atoms with van der Waals surface area (Å²) in [6, 6.07) is 4.51. The third-order valence-electron chi connectivity index (χ3n) is 3.76. The summed E-state index contributed by atoms with van der Waals surface area (Å²) in [5.41, 5.74) is 3.33. The van der Waals surface area contributed by atoms with Crippen LogP contribution >= 0.6 is 0 Å². The molecule has 0 amide bonds.